The van der Waals surface area contributed by atoms with Gasteiger partial charge in [-0.1, -0.05) is 20.3 Å². The lowest BCUT2D eigenvalue weighted by molar-refractivity contribution is -0.143. The van der Waals surface area contributed by atoms with Crippen molar-refractivity contribution in [3.05, 3.63) is 0 Å². The van der Waals surface area contributed by atoms with Crippen molar-refractivity contribution in [1.29, 1.82) is 0 Å². The summed E-state index contributed by atoms with van der Waals surface area (Å²) in [5.74, 6) is 1.72. The molecule has 0 radical (unpaired) electrons. The highest BCUT2D eigenvalue weighted by atomic mass is 16.5. The zero-order valence-electron chi connectivity index (χ0n) is 12.5. The number of methoxy groups -OCH3 is 1. The van der Waals surface area contributed by atoms with Crippen LogP contribution in [-0.4, -0.2) is 49.7 Å². The number of carbonyl (C=O) groups excluding carboxylic acids is 1. The summed E-state index contributed by atoms with van der Waals surface area (Å²) in [6.07, 6.45) is 5.09. The van der Waals surface area contributed by atoms with Crippen molar-refractivity contribution < 1.29 is 9.53 Å². The molecule has 110 valence electrons. The average Bonchev–Trinajstić information content (AvgIpc) is 2.93. The van der Waals surface area contributed by atoms with E-state index in [1.165, 1.54) is 39.5 Å². The van der Waals surface area contributed by atoms with Gasteiger partial charge in [0.1, 0.15) is 6.04 Å². The van der Waals surface area contributed by atoms with Gasteiger partial charge in [-0.25, -0.2) is 0 Å². The van der Waals surface area contributed by atoms with Crippen LogP contribution in [0.4, 0.5) is 0 Å². The molecule has 0 aromatic carbocycles. The van der Waals surface area contributed by atoms with E-state index in [9.17, 15) is 4.79 Å². The van der Waals surface area contributed by atoms with Gasteiger partial charge in [0.25, 0.3) is 0 Å². The van der Waals surface area contributed by atoms with E-state index in [1.807, 2.05) is 0 Å². The van der Waals surface area contributed by atoms with Gasteiger partial charge in [0.15, 0.2) is 0 Å². The van der Waals surface area contributed by atoms with Crippen molar-refractivity contribution in [3.8, 4) is 0 Å². The summed E-state index contributed by atoms with van der Waals surface area (Å²) in [6, 6.07) is 0.146. The largest absolute Gasteiger partial charge is 0.468 e. The van der Waals surface area contributed by atoms with Gasteiger partial charge >= 0.3 is 5.97 Å². The molecule has 1 aliphatic carbocycles. The minimum atomic E-state index is -0.162. The fourth-order valence-electron chi connectivity index (χ4n) is 3.64. The molecule has 1 N–H and O–H groups in total. The molecule has 4 nitrogen and oxygen atoms in total. The van der Waals surface area contributed by atoms with Crippen molar-refractivity contribution in [2.24, 2.45) is 11.8 Å². The summed E-state index contributed by atoms with van der Waals surface area (Å²) >= 11 is 0. The maximum Gasteiger partial charge on any atom is 0.322 e. The van der Waals surface area contributed by atoms with Gasteiger partial charge in [0.2, 0.25) is 0 Å². The van der Waals surface area contributed by atoms with Crippen LogP contribution in [0.5, 0.6) is 0 Å². The monoisotopic (exact) mass is 268 g/mol. The third-order valence-electron chi connectivity index (χ3n) is 4.56. The van der Waals surface area contributed by atoms with Crippen LogP contribution in [0.15, 0.2) is 0 Å². The maximum absolute atomic E-state index is 11.7. The predicted molar refractivity (Wildman–Crippen MR) is 76.0 cm³/mol. The minimum Gasteiger partial charge on any atom is -0.468 e. The zero-order chi connectivity index (χ0) is 13.8. The predicted octanol–water partition coefficient (Wildman–Crippen LogP) is 1.65. The average molecular weight is 268 g/mol. The van der Waals surface area contributed by atoms with Crippen LogP contribution in [0.1, 0.15) is 39.5 Å². The molecular weight excluding hydrogens is 240 g/mol. The van der Waals surface area contributed by atoms with E-state index < -0.39 is 0 Å². The van der Waals surface area contributed by atoms with Crippen LogP contribution in [-0.2, 0) is 9.53 Å². The van der Waals surface area contributed by atoms with Crippen molar-refractivity contribution >= 4 is 5.97 Å². The van der Waals surface area contributed by atoms with Gasteiger partial charge in [0.05, 0.1) is 7.11 Å². The molecule has 0 amide bonds. The number of hydrogen-bond donors (Lipinski definition) is 1. The lowest BCUT2D eigenvalue weighted by atomic mass is 10.0. The second kappa shape index (κ2) is 6.71. The minimum absolute atomic E-state index is 0.131. The first kappa shape index (κ1) is 14.8. The summed E-state index contributed by atoms with van der Waals surface area (Å²) in [4.78, 5) is 14.3. The normalized spacial score (nSPS) is 28.6. The SMILES string of the molecule is COC(=O)C(CCN1CC2CCCC2C1)NC(C)C. The summed E-state index contributed by atoms with van der Waals surface area (Å²) in [5, 5.41) is 3.30. The number of esters is 1. The molecule has 0 aromatic rings. The summed E-state index contributed by atoms with van der Waals surface area (Å²) in [6.45, 7) is 7.61. The highest BCUT2D eigenvalue weighted by molar-refractivity contribution is 5.75. The topological polar surface area (TPSA) is 41.6 Å². The summed E-state index contributed by atoms with van der Waals surface area (Å²) < 4.78 is 4.88. The molecule has 3 unspecified atom stereocenters. The maximum atomic E-state index is 11.7. The van der Waals surface area contributed by atoms with Gasteiger partial charge in [-0.2, -0.15) is 0 Å². The molecule has 0 aromatic heterocycles. The van der Waals surface area contributed by atoms with E-state index in [-0.39, 0.29) is 12.0 Å². The first-order valence-corrected chi connectivity index (χ1v) is 7.66. The number of carbonyl (C=O) groups is 1. The van der Waals surface area contributed by atoms with Crippen LogP contribution in [0.2, 0.25) is 0 Å². The fraction of sp³-hybridized carbons (Fsp3) is 0.933. The Morgan fingerprint density at radius 1 is 1.32 bits per heavy atom. The van der Waals surface area contributed by atoms with Gasteiger partial charge in [-0.3, -0.25) is 4.79 Å². The van der Waals surface area contributed by atoms with Gasteiger partial charge in [-0.05, 0) is 31.1 Å². The zero-order valence-corrected chi connectivity index (χ0v) is 12.5. The molecule has 2 aliphatic rings. The third-order valence-corrected chi connectivity index (χ3v) is 4.56. The second-order valence-corrected chi connectivity index (χ2v) is 6.40. The van der Waals surface area contributed by atoms with E-state index in [4.69, 9.17) is 4.74 Å². The second-order valence-electron chi connectivity index (χ2n) is 6.40. The van der Waals surface area contributed by atoms with Crippen molar-refractivity contribution in [3.63, 3.8) is 0 Å². The highest BCUT2D eigenvalue weighted by Crippen LogP contribution is 2.37. The Morgan fingerprint density at radius 3 is 2.47 bits per heavy atom. The fourth-order valence-corrected chi connectivity index (χ4v) is 3.64. The molecule has 3 atom stereocenters. The van der Waals surface area contributed by atoms with E-state index in [0.29, 0.717) is 6.04 Å². The highest BCUT2D eigenvalue weighted by Gasteiger charge is 2.36. The smallest absolute Gasteiger partial charge is 0.322 e. The van der Waals surface area contributed by atoms with Crippen LogP contribution in [0, 0.1) is 11.8 Å². The number of fused-ring (bicyclic) bond motifs is 1. The number of likely N-dealkylation sites (tertiary alicyclic amines) is 1. The quantitative estimate of drug-likeness (QED) is 0.744. The van der Waals surface area contributed by atoms with Crippen LogP contribution in [0.3, 0.4) is 0 Å². The molecule has 2 fully saturated rings. The summed E-state index contributed by atoms with van der Waals surface area (Å²) in [7, 11) is 1.47. The molecule has 1 saturated heterocycles. The first-order valence-electron chi connectivity index (χ1n) is 7.66. The van der Waals surface area contributed by atoms with E-state index in [0.717, 1.165) is 24.8 Å². The Labute approximate surface area is 116 Å². The third kappa shape index (κ3) is 3.93. The molecule has 1 aliphatic heterocycles. The number of rotatable bonds is 6. The van der Waals surface area contributed by atoms with Crippen LogP contribution in [0.25, 0.3) is 0 Å². The van der Waals surface area contributed by atoms with E-state index in [2.05, 4.69) is 24.1 Å². The molecule has 0 bridgehead atoms. The van der Waals surface area contributed by atoms with Gasteiger partial charge in [0, 0.05) is 25.7 Å². The molecule has 0 spiro atoms. The van der Waals surface area contributed by atoms with Gasteiger partial charge < -0.3 is 15.0 Å². The summed E-state index contributed by atoms with van der Waals surface area (Å²) in [5.41, 5.74) is 0. The molecule has 2 rings (SSSR count). The molecule has 19 heavy (non-hydrogen) atoms. The van der Waals surface area contributed by atoms with Crippen molar-refractivity contribution in [1.82, 2.24) is 10.2 Å². The first-order chi connectivity index (χ1) is 9.10. The Morgan fingerprint density at radius 2 is 1.95 bits per heavy atom. The molecule has 1 heterocycles. The van der Waals surface area contributed by atoms with Gasteiger partial charge in [-0.15, -0.1) is 0 Å². The van der Waals surface area contributed by atoms with Crippen LogP contribution < -0.4 is 5.32 Å². The number of nitrogens with one attached hydrogen (secondary N) is 1. The van der Waals surface area contributed by atoms with E-state index in [1.54, 1.807) is 0 Å². The Kier molecular flexibility index (Phi) is 5.22. The lowest BCUT2D eigenvalue weighted by Gasteiger charge is -2.22. The van der Waals surface area contributed by atoms with Crippen LogP contribution >= 0.6 is 0 Å². The Balaban J connectivity index is 1.77. The molecule has 1 saturated carbocycles. The van der Waals surface area contributed by atoms with Crippen molar-refractivity contribution in [2.75, 3.05) is 26.7 Å². The Hall–Kier alpha value is -0.610. The molecule has 4 heteroatoms. The van der Waals surface area contributed by atoms with E-state index >= 15 is 0 Å². The standard InChI is InChI=1S/C15H28N2O2/c1-11(2)16-14(15(18)19-3)7-8-17-9-12-5-4-6-13(12)10-17/h11-14,16H,4-10H2,1-3H3. The lowest BCUT2D eigenvalue weighted by Crippen LogP contribution is -2.43. The van der Waals surface area contributed by atoms with Crippen molar-refractivity contribution in [2.45, 2.75) is 51.6 Å². The molecular formula is C15H28N2O2. The Bertz CT molecular complexity index is 295. The number of nitrogens with zero attached hydrogens (tertiary/aromatic N) is 1. The number of hydrogen-bond acceptors (Lipinski definition) is 4. The number of ether oxygens (including phenoxy) is 1.